The van der Waals surface area contributed by atoms with Crippen LogP contribution in [0.1, 0.15) is 18.9 Å². The highest BCUT2D eigenvalue weighted by molar-refractivity contribution is 7.24. The number of esters is 1. The minimum Gasteiger partial charge on any atom is -0.465 e. The van der Waals surface area contributed by atoms with E-state index < -0.39 is 0 Å². The van der Waals surface area contributed by atoms with Gasteiger partial charge in [-0.3, -0.25) is 9.59 Å². The van der Waals surface area contributed by atoms with Gasteiger partial charge in [-0.15, -0.1) is 11.3 Å². The number of rotatable bonds is 0. The molecule has 0 N–H and O–H groups in total. The quantitative estimate of drug-likeness (QED) is 0.457. The van der Waals surface area contributed by atoms with Gasteiger partial charge in [0.25, 0.3) is 0 Å². The molecule has 1 aliphatic heterocycles. The lowest BCUT2D eigenvalue weighted by atomic mass is 10.1. The molecule has 4 rings (SSSR count). The lowest BCUT2D eigenvalue weighted by molar-refractivity contribution is -0.140. The van der Waals surface area contributed by atoms with Gasteiger partial charge in [0.2, 0.25) is 0 Å². The molecule has 1 unspecified atom stereocenters. The number of hydrogen-bond acceptors (Lipinski definition) is 4. The van der Waals surface area contributed by atoms with Crippen LogP contribution in [-0.4, -0.2) is 12.6 Å². The molecule has 1 aromatic heterocycles. The molecule has 0 radical (unpaired) electrons. The highest BCUT2D eigenvalue weighted by Crippen LogP contribution is 2.24. The smallest absolute Gasteiger partial charge is 0.308 e. The van der Waals surface area contributed by atoms with Gasteiger partial charge >= 0.3 is 5.97 Å². The van der Waals surface area contributed by atoms with E-state index in [1.54, 1.807) is 11.3 Å². The average Bonchev–Trinajstić information content (AvgIpc) is 2.93. The summed E-state index contributed by atoms with van der Waals surface area (Å²) in [7, 11) is 0. The van der Waals surface area contributed by atoms with Crippen molar-refractivity contribution in [1.82, 2.24) is 0 Å². The first kappa shape index (κ1) is 15.7. The van der Waals surface area contributed by atoms with Gasteiger partial charge in [0.1, 0.15) is 0 Å². The summed E-state index contributed by atoms with van der Waals surface area (Å²) in [5.74, 6) is 0.111. The number of hydrogen-bond donors (Lipinski definition) is 0. The molecule has 23 heavy (non-hydrogen) atoms. The predicted octanol–water partition coefficient (Wildman–Crippen LogP) is 4.29. The molecular formula is C19H18O3S. The molecule has 0 amide bonds. The molecule has 2 aromatic carbocycles. The fraction of sp³-hybridized carbons (Fsp3) is 0.263. The van der Waals surface area contributed by atoms with Gasteiger partial charge in [0, 0.05) is 20.2 Å². The Balaban J connectivity index is 0.000000188. The van der Waals surface area contributed by atoms with E-state index in [1.807, 2.05) is 56.3 Å². The van der Waals surface area contributed by atoms with Crippen LogP contribution in [0.15, 0.2) is 47.3 Å². The van der Waals surface area contributed by atoms with Crippen LogP contribution in [0.4, 0.5) is 0 Å². The van der Waals surface area contributed by atoms with Crippen LogP contribution < -0.4 is 5.43 Å². The first-order valence-electron chi connectivity index (χ1n) is 7.65. The SMILES string of the molecule is CC1CCOC1=O.Cc1ccc2sc3ccccc3c(=O)c2c1. The second-order valence-electron chi connectivity index (χ2n) is 5.78. The maximum absolute atomic E-state index is 12.2. The van der Waals surface area contributed by atoms with E-state index in [4.69, 9.17) is 0 Å². The average molecular weight is 326 g/mol. The van der Waals surface area contributed by atoms with Gasteiger partial charge in [0.15, 0.2) is 5.43 Å². The zero-order chi connectivity index (χ0) is 16.4. The van der Waals surface area contributed by atoms with E-state index in [2.05, 4.69) is 4.74 Å². The molecule has 4 heteroatoms. The molecule has 1 aliphatic rings. The van der Waals surface area contributed by atoms with Crippen molar-refractivity contribution in [1.29, 1.82) is 0 Å². The van der Waals surface area contributed by atoms with Crippen molar-refractivity contribution in [2.45, 2.75) is 20.3 Å². The second kappa shape index (κ2) is 6.50. The van der Waals surface area contributed by atoms with Crippen LogP contribution in [0.5, 0.6) is 0 Å². The van der Waals surface area contributed by atoms with Crippen LogP contribution in [0, 0.1) is 12.8 Å². The first-order chi connectivity index (χ1) is 11.1. The third kappa shape index (κ3) is 3.27. The van der Waals surface area contributed by atoms with E-state index in [0.29, 0.717) is 6.61 Å². The van der Waals surface area contributed by atoms with Crippen molar-refractivity contribution >= 4 is 37.5 Å². The fourth-order valence-electron chi connectivity index (χ4n) is 2.51. The molecule has 118 valence electrons. The van der Waals surface area contributed by atoms with Crippen LogP contribution >= 0.6 is 11.3 Å². The van der Waals surface area contributed by atoms with Crippen molar-refractivity contribution in [2.75, 3.05) is 6.61 Å². The predicted molar refractivity (Wildman–Crippen MR) is 95.1 cm³/mol. The number of carbonyl (C=O) groups excluding carboxylic acids is 1. The number of cyclic esters (lactones) is 1. The molecule has 3 aromatic rings. The monoisotopic (exact) mass is 326 g/mol. The lowest BCUT2D eigenvalue weighted by Crippen LogP contribution is -2.00. The topological polar surface area (TPSA) is 43.4 Å². The van der Waals surface area contributed by atoms with Crippen molar-refractivity contribution in [2.24, 2.45) is 5.92 Å². The number of carbonyl (C=O) groups is 1. The zero-order valence-electron chi connectivity index (χ0n) is 13.2. The van der Waals surface area contributed by atoms with Gasteiger partial charge in [0.05, 0.1) is 12.5 Å². The molecule has 0 bridgehead atoms. The third-order valence-corrected chi connectivity index (χ3v) is 5.08. The normalized spacial score (nSPS) is 17.0. The van der Waals surface area contributed by atoms with Gasteiger partial charge in [-0.25, -0.2) is 0 Å². The summed E-state index contributed by atoms with van der Waals surface area (Å²) in [6.07, 6.45) is 0.902. The van der Waals surface area contributed by atoms with Gasteiger partial charge < -0.3 is 4.74 Å². The Labute approximate surface area is 138 Å². The fourth-order valence-corrected chi connectivity index (χ4v) is 3.57. The summed E-state index contributed by atoms with van der Waals surface area (Å²) in [5.41, 5.74) is 1.28. The second-order valence-corrected chi connectivity index (χ2v) is 6.87. The molecule has 3 nitrogen and oxygen atoms in total. The zero-order valence-corrected chi connectivity index (χ0v) is 14.0. The van der Waals surface area contributed by atoms with Crippen LogP contribution in [-0.2, 0) is 9.53 Å². The highest BCUT2D eigenvalue weighted by atomic mass is 32.1. The molecule has 0 spiro atoms. The van der Waals surface area contributed by atoms with Crippen molar-refractivity contribution in [3.63, 3.8) is 0 Å². The van der Waals surface area contributed by atoms with E-state index in [9.17, 15) is 9.59 Å². The van der Waals surface area contributed by atoms with Crippen LogP contribution in [0.3, 0.4) is 0 Å². The maximum Gasteiger partial charge on any atom is 0.308 e. The standard InChI is InChI=1S/C14H10OS.C5H8O2/c1-9-6-7-13-11(8-9)14(15)10-4-2-3-5-12(10)16-13;1-4-2-3-7-5(4)6/h2-8H,1H3;4H,2-3H2,1H3. The maximum atomic E-state index is 12.2. The number of benzene rings is 2. The third-order valence-electron chi connectivity index (χ3n) is 3.93. The number of aryl methyl sites for hydroxylation is 1. The van der Waals surface area contributed by atoms with E-state index in [1.165, 1.54) is 0 Å². The Kier molecular flexibility index (Phi) is 4.44. The molecule has 0 aliphatic carbocycles. The summed E-state index contributed by atoms with van der Waals surface area (Å²) < 4.78 is 6.75. The Morgan fingerprint density at radius 1 is 1.04 bits per heavy atom. The molecule has 1 atom stereocenters. The Morgan fingerprint density at radius 3 is 2.43 bits per heavy atom. The van der Waals surface area contributed by atoms with Crippen molar-refractivity contribution < 1.29 is 9.53 Å². The summed E-state index contributed by atoms with van der Waals surface area (Å²) >= 11 is 1.67. The summed E-state index contributed by atoms with van der Waals surface area (Å²) in [6.45, 7) is 4.52. The molecule has 0 saturated carbocycles. The van der Waals surface area contributed by atoms with Gasteiger partial charge in [-0.1, -0.05) is 30.7 Å². The first-order valence-corrected chi connectivity index (χ1v) is 8.47. The highest BCUT2D eigenvalue weighted by Gasteiger charge is 2.20. The Hall–Kier alpha value is -2.20. The number of fused-ring (bicyclic) bond motifs is 2. The summed E-state index contributed by atoms with van der Waals surface area (Å²) in [4.78, 5) is 22.6. The summed E-state index contributed by atoms with van der Waals surface area (Å²) in [5, 5.41) is 1.66. The Bertz CT molecular complexity index is 927. The molecule has 1 saturated heterocycles. The van der Waals surface area contributed by atoms with E-state index in [0.717, 1.165) is 32.2 Å². The van der Waals surface area contributed by atoms with Crippen LogP contribution in [0.2, 0.25) is 0 Å². The van der Waals surface area contributed by atoms with Crippen molar-refractivity contribution in [3.05, 3.63) is 58.3 Å². The number of ether oxygens (including phenoxy) is 1. The van der Waals surface area contributed by atoms with E-state index in [-0.39, 0.29) is 17.3 Å². The van der Waals surface area contributed by atoms with Crippen LogP contribution in [0.25, 0.3) is 20.2 Å². The molecule has 2 heterocycles. The minimum absolute atomic E-state index is 0.0417. The van der Waals surface area contributed by atoms with Gasteiger partial charge in [-0.2, -0.15) is 0 Å². The lowest BCUT2D eigenvalue weighted by Gasteiger charge is -2.01. The Morgan fingerprint density at radius 2 is 1.78 bits per heavy atom. The largest absolute Gasteiger partial charge is 0.465 e. The molecular weight excluding hydrogens is 308 g/mol. The molecule has 1 fully saturated rings. The van der Waals surface area contributed by atoms with Gasteiger partial charge in [-0.05, 0) is 37.6 Å². The van der Waals surface area contributed by atoms with Crippen molar-refractivity contribution in [3.8, 4) is 0 Å². The minimum atomic E-state index is -0.0417. The van der Waals surface area contributed by atoms with E-state index >= 15 is 0 Å². The summed E-state index contributed by atoms with van der Waals surface area (Å²) in [6, 6.07) is 13.8.